The van der Waals surface area contributed by atoms with Gasteiger partial charge in [-0.2, -0.15) is 0 Å². The third-order valence-electron chi connectivity index (χ3n) is 4.36. The largest absolute Gasteiger partial charge is 0.468 e. The molecule has 9 nitrogen and oxygen atoms in total. The Bertz CT molecular complexity index is 755. The summed E-state index contributed by atoms with van der Waals surface area (Å²) in [4.78, 5) is 50.3. The molecule has 1 aromatic carbocycles. The van der Waals surface area contributed by atoms with Gasteiger partial charge in [-0.3, -0.25) is 14.4 Å². The second kappa shape index (κ2) is 13.5. The maximum atomic E-state index is 12.9. The van der Waals surface area contributed by atoms with Crippen molar-refractivity contribution in [2.75, 3.05) is 31.8 Å². The van der Waals surface area contributed by atoms with E-state index in [1.54, 1.807) is 45.0 Å². The molecule has 1 rings (SSSR count). The van der Waals surface area contributed by atoms with Gasteiger partial charge in [0.15, 0.2) is 0 Å². The molecule has 1 amide bonds. The summed E-state index contributed by atoms with van der Waals surface area (Å²) in [6.45, 7) is 5.05. The highest BCUT2D eigenvalue weighted by atomic mass is 35.5. The normalized spacial score (nSPS) is 12.3. The van der Waals surface area contributed by atoms with Crippen LogP contribution >= 0.6 is 11.6 Å². The molecule has 0 heterocycles. The summed E-state index contributed by atoms with van der Waals surface area (Å²) in [6, 6.07) is 4.71. The summed E-state index contributed by atoms with van der Waals surface area (Å²) in [6.07, 6.45) is -0.0386. The first-order valence-electron chi connectivity index (χ1n) is 9.95. The quantitative estimate of drug-likeness (QED) is 0.376. The lowest BCUT2D eigenvalue weighted by Gasteiger charge is -2.30. The van der Waals surface area contributed by atoms with Crippen LogP contribution in [0.15, 0.2) is 24.3 Å². The van der Waals surface area contributed by atoms with E-state index in [0.717, 1.165) is 0 Å². The summed E-state index contributed by atoms with van der Waals surface area (Å²) < 4.78 is 14.6. The van der Waals surface area contributed by atoms with Crippen molar-refractivity contribution in [3.05, 3.63) is 29.3 Å². The van der Waals surface area contributed by atoms with Gasteiger partial charge in [-0.25, -0.2) is 4.79 Å². The number of methoxy groups -OCH3 is 1. The molecule has 0 aromatic heterocycles. The first-order chi connectivity index (χ1) is 14.7. The molecule has 0 spiro atoms. The molecule has 0 unspecified atom stereocenters. The second-order valence-corrected chi connectivity index (χ2v) is 6.95. The van der Waals surface area contributed by atoms with Crippen LogP contribution in [0.5, 0.6) is 0 Å². The van der Waals surface area contributed by atoms with Crippen LogP contribution in [0.3, 0.4) is 0 Å². The molecule has 172 valence electrons. The fourth-order valence-electron chi connectivity index (χ4n) is 2.71. The molecular formula is C21H29ClN2O7. The molecule has 0 fully saturated rings. The number of hydrogen-bond donors (Lipinski definition) is 1. The number of amides is 1. The second-order valence-electron chi connectivity index (χ2n) is 6.51. The molecule has 10 heteroatoms. The van der Waals surface area contributed by atoms with E-state index in [1.165, 1.54) is 12.0 Å². The highest BCUT2D eigenvalue weighted by Gasteiger charge is 2.29. The Kier molecular flexibility index (Phi) is 11.4. The van der Waals surface area contributed by atoms with Gasteiger partial charge in [-0.15, -0.1) is 0 Å². The van der Waals surface area contributed by atoms with E-state index in [0.29, 0.717) is 10.7 Å². The van der Waals surface area contributed by atoms with Crippen molar-refractivity contribution in [3.8, 4) is 0 Å². The minimum Gasteiger partial charge on any atom is -0.468 e. The third-order valence-corrected chi connectivity index (χ3v) is 4.61. The van der Waals surface area contributed by atoms with E-state index in [4.69, 9.17) is 25.8 Å². The lowest BCUT2D eigenvalue weighted by molar-refractivity contribution is -0.149. The first kappa shape index (κ1) is 26.2. The van der Waals surface area contributed by atoms with Crippen LogP contribution in [0.4, 0.5) is 5.69 Å². The minimum absolute atomic E-state index is 0.0219. The minimum atomic E-state index is -1.04. The predicted octanol–water partition coefficient (Wildman–Crippen LogP) is 2.10. The van der Waals surface area contributed by atoms with Crippen LogP contribution in [0.25, 0.3) is 0 Å². The fourth-order valence-corrected chi connectivity index (χ4v) is 2.84. The van der Waals surface area contributed by atoms with Crippen molar-refractivity contribution in [2.24, 2.45) is 0 Å². The Morgan fingerprint density at radius 2 is 1.65 bits per heavy atom. The zero-order valence-electron chi connectivity index (χ0n) is 18.2. The summed E-state index contributed by atoms with van der Waals surface area (Å²) in [5.41, 5.74) is 0.566. The van der Waals surface area contributed by atoms with Crippen LogP contribution < -0.4 is 10.2 Å². The number of nitrogens with zero attached hydrogens (tertiary/aromatic N) is 1. The highest BCUT2D eigenvalue weighted by molar-refractivity contribution is 6.30. The number of halogens is 1. The molecule has 0 aliphatic rings. The smallest absolute Gasteiger partial charge is 0.328 e. The van der Waals surface area contributed by atoms with E-state index >= 15 is 0 Å². The van der Waals surface area contributed by atoms with Crippen molar-refractivity contribution in [3.63, 3.8) is 0 Å². The van der Waals surface area contributed by atoms with E-state index in [1.807, 2.05) is 0 Å². The topological polar surface area (TPSA) is 111 Å². The van der Waals surface area contributed by atoms with Crippen molar-refractivity contribution in [2.45, 2.75) is 45.7 Å². The standard InChI is InChI=1S/C21H29ClN2O7/c1-5-30-18(25)12-11-17(21(28)31-6-2)23-20(27)14(3)24(13-19(26)29-4)16-9-7-15(22)8-10-16/h7-10,14,17H,5-6,11-13H2,1-4H3,(H,23,27)/t14-,17+/m1/s1. The van der Waals surface area contributed by atoms with Gasteiger partial charge in [0.1, 0.15) is 18.6 Å². The zero-order chi connectivity index (χ0) is 23.4. The van der Waals surface area contributed by atoms with Crippen molar-refractivity contribution >= 4 is 41.1 Å². The molecule has 0 bridgehead atoms. The van der Waals surface area contributed by atoms with Crippen LogP contribution in [-0.4, -0.2) is 62.8 Å². The van der Waals surface area contributed by atoms with Gasteiger partial charge in [0, 0.05) is 17.1 Å². The Balaban J connectivity index is 2.99. The average molecular weight is 457 g/mol. The molecule has 0 saturated carbocycles. The van der Waals surface area contributed by atoms with Gasteiger partial charge in [0.2, 0.25) is 5.91 Å². The number of carbonyl (C=O) groups is 4. The molecule has 0 aliphatic heterocycles. The number of rotatable bonds is 12. The predicted molar refractivity (Wildman–Crippen MR) is 115 cm³/mol. The highest BCUT2D eigenvalue weighted by Crippen LogP contribution is 2.20. The Hall–Kier alpha value is -2.81. The van der Waals surface area contributed by atoms with E-state index < -0.39 is 35.9 Å². The van der Waals surface area contributed by atoms with Gasteiger partial charge >= 0.3 is 17.9 Å². The molecular weight excluding hydrogens is 428 g/mol. The summed E-state index contributed by atoms with van der Waals surface area (Å²) in [5, 5.41) is 3.11. The van der Waals surface area contributed by atoms with Gasteiger partial charge in [0.25, 0.3) is 0 Å². The summed E-state index contributed by atoms with van der Waals surface area (Å²) in [5.74, 6) is -2.20. The van der Waals surface area contributed by atoms with Crippen molar-refractivity contribution < 1.29 is 33.4 Å². The van der Waals surface area contributed by atoms with Crippen LogP contribution in [0, 0.1) is 0 Å². The van der Waals surface area contributed by atoms with Gasteiger partial charge in [-0.05, 0) is 51.5 Å². The fraction of sp³-hybridized carbons (Fsp3) is 0.524. The number of nitrogens with one attached hydrogen (secondary N) is 1. The van der Waals surface area contributed by atoms with Gasteiger partial charge < -0.3 is 24.4 Å². The van der Waals surface area contributed by atoms with E-state index in [-0.39, 0.29) is 32.6 Å². The van der Waals surface area contributed by atoms with Crippen LogP contribution in [-0.2, 0) is 33.4 Å². The molecule has 1 N–H and O–H groups in total. The van der Waals surface area contributed by atoms with Gasteiger partial charge in [-0.1, -0.05) is 11.6 Å². The molecule has 31 heavy (non-hydrogen) atoms. The number of esters is 3. The Morgan fingerprint density at radius 3 is 2.19 bits per heavy atom. The number of ether oxygens (including phenoxy) is 3. The number of benzene rings is 1. The number of carbonyl (C=O) groups excluding carboxylic acids is 4. The molecule has 1 aromatic rings. The van der Waals surface area contributed by atoms with Crippen LogP contribution in [0.1, 0.15) is 33.6 Å². The van der Waals surface area contributed by atoms with E-state index in [2.05, 4.69) is 5.32 Å². The average Bonchev–Trinajstić information content (AvgIpc) is 2.75. The maximum absolute atomic E-state index is 12.9. The first-order valence-corrected chi connectivity index (χ1v) is 10.3. The van der Waals surface area contributed by atoms with Crippen molar-refractivity contribution in [1.29, 1.82) is 0 Å². The third kappa shape index (κ3) is 8.84. The summed E-state index contributed by atoms with van der Waals surface area (Å²) >= 11 is 5.93. The van der Waals surface area contributed by atoms with Gasteiger partial charge in [0.05, 0.1) is 20.3 Å². The Labute approximate surface area is 187 Å². The molecule has 0 radical (unpaired) electrons. The molecule has 0 saturated heterocycles. The Morgan fingerprint density at radius 1 is 1.03 bits per heavy atom. The molecule has 2 atom stereocenters. The van der Waals surface area contributed by atoms with E-state index in [9.17, 15) is 19.2 Å². The number of anilines is 1. The zero-order valence-corrected chi connectivity index (χ0v) is 18.9. The van der Waals surface area contributed by atoms with Crippen molar-refractivity contribution in [1.82, 2.24) is 5.32 Å². The summed E-state index contributed by atoms with van der Waals surface area (Å²) in [7, 11) is 1.25. The SMILES string of the molecule is CCOC(=O)CC[C@H](NC(=O)[C@@H](C)N(CC(=O)OC)c1ccc(Cl)cc1)C(=O)OCC. The lowest BCUT2D eigenvalue weighted by atomic mass is 10.1. The van der Waals surface area contributed by atoms with Crippen LogP contribution in [0.2, 0.25) is 5.02 Å². The number of hydrogen-bond acceptors (Lipinski definition) is 8. The monoisotopic (exact) mass is 456 g/mol. The lowest BCUT2D eigenvalue weighted by Crippen LogP contribution is -2.52. The maximum Gasteiger partial charge on any atom is 0.328 e. The molecule has 0 aliphatic carbocycles.